The molecule has 0 unspecified atom stereocenters. The minimum absolute atomic E-state index is 0.128. The number of aromatic hydroxyl groups is 1. The maximum atomic E-state index is 9.19. The summed E-state index contributed by atoms with van der Waals surface area (Å²) in [4.78, 5) is 0. The van der Waals surface area contributed by atoms with Gasteiger partial charge >= 0.3 is 0 Å². The normalized spacial score (nSPS) is 11.7. The van der Waals surface area contributed by atoms with E-state index in [9.17, 15) is 5.11 Å². The number of hydrogen-bond acceptors (Lipinski definition) is 2. The van der Waals surface area contributed by atoms with Crippen molar-refractivity contribution in [3.05, 3.63) is 28.8 Å². The Bertz CT molecular complexity index is 331. The summed E-state index contributed by atoms with van der Waals surface area (Å²) in [6.45, 7) is 7.27. The predicted octanol–water partition coefficient (Wildman–Crippen LogP) is 2.98. The van der Waals surface area contributed by atoms with Crippen LogP contribution in [0.4, 0.5) is 0 Å². The highest BCUT2D eigenvalue weighted by molar-refractivity contribution is 6.31. The molecule has 0 aliphatic heterocycles. The molecule has 0 amide bonds. The molecular weight excluding hydrogens is 210 g/mol. The third kappa shape index (κ3) is 4.54. The van der Waals surface area contributed by atoms with E-state index in [1.54, 1.807) is 12.1 Å². The van der Waals surface area contributed by atoms with Crippen molar-refractivity contribution in [2.75, 3.05) is 6.54 Å². The average molecular weight is 228 g/mol. The second-order valence-electron chi connectivity index (χ2n) is 4.70. The molecule has 0 aliphatic carbocycles. The summed E-state index contributed by atoms with van der Waals surface area (Å²) < 4.78 is 0. The van der Waals surface area contributed by atoms with Gasteiger partial charge in [-0.15, -0.1) is 0 Å². The summed E-state index contributed by atoms with van der Waals surface area (Å²) in [5, 5.41) is 13.2. The highest BCUT2D eigenvalue weighted by Gasteiger charge is 2.08. The molecule has 0 atom stereocenters. The molecule has 0 aromatic heterocycles. The molecule has 0 aliphatic rings. The van der Waals surface area contributed by atoms with Gasteiger partial charge in [-0.05, 0) is 51.4 Å². The van der Waals surface area contributed by atoms with E-state index in [0.29, 0.717) is 5.02 Å². The standard InChI is InChI=1S/C12H18ClNO/c1-12(2,3)14-7-6-9-4-5-10(15)8-11(9)13/h4-5,8,14-15H,6-7H2,1-3H3. The van der Waals surface area contributed by atoms with Crippen molar-refractivity contribution in [2.24, 2.45) is 0 Å². The maximum absolute atomic E-state index is 9.19. The van der Waals surface area contributed by atoms with Crippen molar-refractivity contribution in [3.8, 4) is 5.75 Å². The second-order valence-corrected chi connectivity index (χ2v) is 5.11. The van der Waals surface area contributed by atoms with Gasteiger partial charge in [0.2, 0.25) is 0 Å². The SMILES string of the molecule is CC(C)(C)NCCc1ccc(O)cc1Cl. The van der Waals surface area contributed by atoms with Crippen molar-refractivity contribution in [3.63, 3.8) is 0 Å². The summed E-state index contributed by atoms with van der Waals surface area (Å²) >= 11 is 5.99. The third-order valence-corrected chi connectivity index (χ3v) is 2.44. The Morgan fingerprint density at radius 3 is 2.53 bits per heavy atom. The zero-order chi connectivity index (χ0) is 11.5. The van der Waals surface area contributed by atoms with Crippen molar-refractivity contribution >= 4 is 11.6 Å². The number of phenolic OH excluding ortho intramolecular Hbond substituents is 1. The van der Waals surface area contributed by atoms with E-state index in [0.717, 1.165) is 18.5 Å². The summed E-state index contributed by atoms with van der Waals surface area (Å²) in [5.74, 6) is 0.215. The zero-order valence-corrected chi connectivity index (χ0v) is 10.2. The summed E-state index contributed by atoms with van der Waals surface area (Å²) in [6.07, 6.45) is 0.871. The molecule has 1 aromatic carbocycles. The molecular formula is C12H18ClNO. The van der Waals surface area contributed by atoms with Crippen LogP contribution in [0.5, 0.6) is 5.75 Å². The average Bonchev–Trinajstić information content (AvgIpc) is 2.07. The molecule has 0 heterocycles. The van der Waals surface area contributed by atoms with Crippen LogP contribution in [0.15, 0.2) is 18.2 Å². The fraction of sp³-hybridized carbons (Fsp3) is 0.500. The molecule has 0 saturated carbocycles. The van der Waals surface area contributed by atoms with Gasteiger partial charge < -0.3 is 10.4 Å². The Labute approximate surface area is 96.3 Å². The molecule has 2 nitrogen and oxygen atoms in total. The Kier molecular flexibility index (Phi) is 4.00. The lowest BCUT2D eigenvalue weighted by molar-refractivity contribution is 0.429. The smallest absolute Gasteiger partial charge is 0.117 e. The maximum Gasteiger partial charge on any atom is 0.117 e. The van der Waals surface area contributed by atoms with Gasteiger partial charge in [0.15, 0.2) is 0 Å². The van der Waals surface area contributed by atoms with Crippen LogP contribution >= 0.6 is 11.6 Å². The highest BCUT2D eigenvalue weighted by Crippen LogP contribution is 2.21. The molecule has 0 spiro atoms. The number of nitrogens with one attached hydrogen (secondary N) is 1. The third-order valence-electron chi connectivity index (χ3n) is 2.09. The Morgan fingerprint density at radius 2 is 2.00 bits per heavy atom. The van der Waals surface area contributed by atoms with Gasteiger partial charge in [-0.3, -0.25) is 0 Å². The molecule has 1 rings (SSSR count). The quantitative estimate of drug-likeness (QED) is 0.832. The minimum Gasteiger partial charge on any atom is -0.508 e. The molecule has 2 N–H and O–H groups in total. The fourth-order valence-electron chi connectivity index (χ4n) is 1.31. The van der Waals surface area contributed by atoms with Gasteiger partial charge in [0.1, 0.15) is 5.75 Å². The molecule has 0 saturated heterocycles. The van der Waals surface area contributed by atoms with Crippen LogP contribution in [0.3, 0.4) is 0 Å². The van der Waals surface area contributed by atoms with Crippen molar-refractivity contribution in [1.82, 2.24) is 5.32 Å². The van der Waals surface area contributed by atoms with E-state index in [1.807, 2.05) is 6.07 Å². The Morgan fingerprint density at radius 1 is 1.33 bits per heavy atom. The van der Waals surface area contributed by atoms with Crippen LogP contribution in [0, 0.1) is 0 Å². The van der Waals surface area contributed by atoms with E-state index in [1.165, 1.54) is 0 Å². The first-order valence-corrected chi connectivity index (χ1v) is 5.49. The van der Waals surface area contributed by atoms with Crippen LogP contribution in [0.25, 0.3) is 0 Å². The van der Waals surface area contributed by atoms with E-state index < -0.39 is 0 Å². The molecule has 0 fully saturated rings. The summed E-state index contributed by atoms with van der Waals surface area (Å²) in [7, 11) is 0. The minimum atomic E-state index is 0.128. The fourth-order valence-corrected chi connectivity index (χ4v) is 1.58. The van der Waals surface area contributed by atoms with Crippen molar-refractivity contribution < 1.29 is 5.11 Å². The van der Waals surface area contributed by atoms with E-state index in [-0.39, 0.29) is 11.3 Å². The van der Waals surface area contributed by atoms with Crippen LogP contribution in [-0.4, -0.2) is 17.2 Å². The van der Waals surface area contributed by atoms with Gasteiger partial charge in [-0.2, -0.15) is 0 Å². The first-order valence-electron chi connectivity index (χ1n) is 5.11. The van der Waals surface area contributed by atoms with Gasteiger partial charge in [-0.1, -0.05) is 17.7 Å². The van der Waals surface area contributed by atoms with Crippen LogP contribution in [-0.2, 0) is 6.42 Å². The molecule has 0 bridgehead atoms. The van der Waals surface area contributed by atoms with Gasteiger partial charge in [0.25, 0.3) is 0 Å². The van der Waals surface area contributed by atoms with Crippen molar-refractivity contribution in [2.45, 2.75) is 32.7 Å². The molecule has 0 radical (unpaired) electrons. The lowest BCUT2D eigenvalue weighted by atomic mass is 10.1. The van der Waals surface area contributed by atoms with E-state index >= 15 is 0 Å². The number of hydrogen-bond donors (Lipinski definition) is 2. The topological polar surface area (TPSA) is 32.3 Å². The van der Waals surface area contributed by atoms with Crippen LogP contribution < -0.4 is 5.32 Å². The number of halogens is 1. The van der Waals surface area contributed by atoms with Crippen molar-refractivity contribution in [1.29, 1.82) is 0 Å². The molecule has 1 aromatic rings. The number of phenols is 1. The van der Waals surface area contributed by atoms with Gasteiger partial charge in [0, 0.05) is 10.6 Å². The lowest BCUT2D eigenvalue weighted by Gasteiger charge is -2.20. The monoisotopic (exact) mass is 227 g/mol. The Balaban J connectivity index is 2.51. The van der Waals surface area contributed by atoms with Crippen LogP contribution in [0.2, 0.25) is 5.02 Å². The van der Waals surface area contributed by atoms with Gasteiger partial charge in [-0.25, -0.2) is 0 Å². The summed E-state index contributed by atoms with van der Waals surface area (Å²) in [6, 6.07) is 5.11. The highest BCUT2D eigenvalue weighted by atomic mass is 35.5. The molecule has 15 heavy (non-hydrogen) atoms. The second kappa shape index (κ2) is 4.86. The largest absolute Gasteiger partial charge is 0.508 e. The number of rotatable bonds is 3. The Hall–Kier alpha value is -0.730. The first kappa shape index (κ1) is 12.3. The van der Waals surface area contributed by atoms with Crippen LogP contribution in [0.1, 0.15) is 26.3 Å². The number of benzene rings is 1. The molecule has 84 valence electrons. The zero-order valence-electron chi connectivity index (χ0n) is 9.47. The van der Waals surface area contributed by atoms with Gasteiger partial charge in [0.05, 0.1) is 0 Å². The summed E-state index contributed by atoms with van der Waals surface area (Å²) in [5.41, 5.74) is 1.19. The van der Waals surface area contributed by atoms with E-state index in [2.05, 4.69) is 26.1 Å². The van der Waals surface area contributed by atoms with E-state index in [4.69, 9.17) is 11.6 Å². The first-order chi connectivity index (χ1) is 6.88. The lowest BCUT2D eigenvalue weighted by Crippen LogP contribution is -2.37. The molecule has 3 heteroatoms. The predicted molar refractivity (Wildman–Crippen MR) is 64.6 cm³/mol.